The average Bonchev–Trinajstić information content (AvgIpc) is 2.99. The van der Waals surface area contributed by atoms with Crippen LogP contribution in [0.3, 0.4) is 0 Å². The van der Waals surface area contributed by atoms with Gasteiger partial charge in [0.15, 0.2) is 5.82 Å². The van der Waals surface area contributed by atoms with E-state index in [1.807, 2.05) is 19.1 Å². The number of nitrogens with zero attached hydrogens (tertiary/aromatic N) is 5. The number of aromatic nitrogens is 4. The molecular weight excluding hydrogens is 340 g/mol. The van der Waals surface area contributed by atoms with Crippen LogP contribution in [0.1, 0.15) is 24.2 Å². The molecule has 8 nitrogen and oxygen atoms in total. The summed E-state index contributed by atoms with van der Waals surface area (Å²) in [5.74, 6) is 0.981. The summed E-state index contributed by atoms with van der Waals surface area (Å²) in [4.78, 5) is 4.02. The van der Waals surface area contributed by atoms with E-state index in [2.05, 4.69) is 25.0 Å². The Hall–Kier alpha value is -1.84. The lowest BCUT2D eigenvalue weighted by Crippen LogP contribution is -2.40. The van der Waals surface area contributed by atoms with Crippen molar-refractivity contribution in [3.63, 3.8) is 0 Å². The molecule has 1 unspecified atom stereocenters. The summed E-state index contributed by atoms with van der Waals surface area (Å²) in [6, 6.07) is 6.91. The molecule has 2 heterocycles. The van der Waals surface area contributed by atoms with Gasteiger partial charge in [-0.3, -0.25) is 4.90 Å². The summed E-state index contributed by atoms with van der Waals surface area (Å²) in [7, 11) is -1.71. The molecule has 9 heteroatoms. The Morgan fingerprint density at radius 2 is 2.04 bits per heavy atom. The van der Waals surface area contributed by atoms with Crippen molar-refractivity contribution in [2.45, 2.75) is 31.2 Å². The second-order valence-electron chi connectivity index (χ2n) is 6.60. The van der Waals surface area contributed by atoms with Crippen LogP contribution in [0.25, 0.3) is 0 Å². The predicted octanol–water partition coefficient (Wildman–Crippen LogP) is 0.709. The molecule has 0 radical (unpaired) electrons. The smallest absolute Gasteiger partial charge is 0.240 e. The molecule has 1 atom stereocenters. The fourth-order valence-corrected chi connectivity index (χ4v) is 4.19. The minimum atomic E-state index is -3.46. The number of tetrazole rings is 1. The van der Waals surface area contributed by atoms with Crippen molar-refractivity contribution < 1.29 is 8.42 Å². The van der Waals surface area contributed by atoms with Gasteiger partial charge in [-0.2, -0.15) is 4.80 Å². The minimum Gasteiger partial charge on any atom is -0.295 e. The molecular formula is C16H24N6O2S. The van der Waals surface area contributed by atoms with E-state index in [-0.39, 0.29) is 5.92 Å². The van der Waals surface area contributed by atoms with Crippen molar-refractivity contribution in [2.24, 2.45) is 13.0 Å². The van der Waals surface area contributed by atoms with Crippen LogP contribution < -0.4 is 4.72 Å². The molecule has 2 aromatic rings. The molecule has 0 bridgehead atoms. The summed E-state index contributed by atoms with van der Waals surface area (Å²) >= 11 is 0. The van der Waals surface area contributed by atoms with Crippen LogP contribution in [0.2, 0.25) is 0 Å². The number of piperidine rings is 1. The fourth-order valence-electron chi connectivity index (χ4n) is 3.08. The molecule has 25 heavy (non-hydrogen) atoms. The fraction of sp³-hybridized carbons (Fsp3) is 0.562. The van der Waals surface area contributed by atoms with Gasteiger partial charge in [0.1, 0.15) is 0 Å². The highest BCUT2D eigenvalue weighted by Crippen LogP contribution is 2.18. The highest BCUT2D eigenvalue weighted by atomic mass is 32.2. The van der Waals surface area contributed by atoms with Crippen LogP contribution in [0.15, 0.2) is 29.2 Å². The van der Waals surface area contributed by atoms with E-state index >= 15 is 0 Å². The quantitative estimate of drug-likeness (QED) is 0.811. The predicted molar refractivity (Wildman–Crippen MR) is 93.2 cm³/mol. The maximum absolute atomic E-state index is 12.4. The van der Waals surface area contributed by atoms with Crippen LogP contribution >= 0.6 is 0 Å². The third-order valence-electron chi connectivity index (χ3n) is 4.41. The second kappa shape index (κ2) is 7.59. The van der Waals surface area contributed by atoms with E-state index < -0.39 is 10.0 Å². The van der Waals surface area contributed by atoms with Crippen LogP contribution in [-0.2, 0) is 23.6 Å². The van der Waals surface area contributed by atoms with Gasteiger partial charge in [-0.25, -0.2) is 13.1 Å². The monoisotopic (exact) mass is 364 g/mol. The van der Waals surface area contributed by atoms with Crippen LogP contribution in [-0.4, -0.2) is 53.2 Å². The van der Waals surface area contributed by atoms with E-state index in [0.717, 1.165) is 31.5 Å². The van der Waals surface area contributed by atoms with Crippen molar-refractivity contribution in [1.29, 1.82) is 0 Å². The molecule has 0 saturated carbocycles. The zero-order chi connectivity index (χ0) is 17.9. The summed E-state index contributed by atoms with van der Waals surface area (Å²) in [6.45, 7) is 4.83. The number of sulfonamides is 1. The Balaban J connectivity index is 1.54. The molecule has 1 fully saturated rings. The Bertz CT molecular complexity index is 802. The lowest BCUT2D eigenvalue weighted by atomic mass is 9.98. The zero-order valence-electron chi connectivity index (χ0n) is 14.6. The molecule has 3 rings (SSSR count). The van der Waals surface area contributed by atoms with E-state index in [0.29, 0.717) is 23.8 Å². The molecule has 0 amide bonds. The number of nitrogens with one attached hydrogen (secondary N) is 1. The molecule has 1 aromatic heterocycles. The van der Waals surface area contributed by atoms with Gasteiger partial charge in [0.2, 0.25) is 10.0 Å². The third-order valence-corrected chi connectivity index (χ3v) is 5.85. The Morgan fingerprint density at radius 3 is 2.72 bits per heavy atom. The van der Waals surface area contributed by atoms with E-state index in [4.69, 9.17) is 0 Å². The highest BCUT2D eigenvalue weighted by Gasteiger charge is 2.23. The summed E-state index contributed by atoms with van der Waals surface area (Å²) in [5.41, 5.74) is 1.04. The first-order valence-corrected chi connectivity index (χ1v) is 9.92. The van der Waals surface area contributed by atoms with Crippen molar-refractivity contribution in [2.75, 3.05) is 19.6 Å². The van der Waals surface area contributed by atoms with Gasteiger partial charge in [-0.1, -0.05) is 17.7 Å². The molecule has 136 valence electrons. The first kappa shape index (κ1) is 18.0. The van der Waals surface area contributed by atoms with Crippen LogP contribution in [0.4, 0.5) is 0 Å². The van der Waals surface area contributed by atoms with Gasteiger partial charge in [0.25, 0.3) is 0 Å². The second-order valence-corrected chi connectivity index (χ2v) is 8.37. The normalized spacial score (nSPS) is 19.2. The topological polar surface area (TPSA) is 93.0 Å². The van der Waals surface area contributed by atoms with Crippen molar-refractivity contribution in [3.05, 3.63) is 35.7 Å². The van der Waals surface area contributed by atoms with Gasteiger partial charge in [-0.15, -0.1) is 10.2 Å². The summed E-state index contributed by atoms with van der Waals surface area (Å²) < 4.78 is 27.6. The van der Waals surface area contributed by atoms with Gasteiger partial charge in [0, 0.05) is 13.1 Å². The Morgan fingerprint density at radius 1 is 1.28 bits per heavy atom. The van der Waals surface area contributed by atoms with Gasteiger partial charge < -0.3 is 0 Å². The molecule has 1 N–H and O–H groups in total. The standard InChI is InChI=1S/C16H24N6O2S/c1-13-5-7-15(8-6-13)25(23,24)17-10-14-4-3-9-22(11-14)12-16-18-20-21(2)19-16/h5-8,14,17H,3-4,9-12H2,1-2H3. The zero-order valence-corrected chi connectivity index (χ0v) is 15.4. The number of rotatable bonds is 6. The number of hydrogen-bond acceptors (Lipinski definition) is 6. The van der Waals surface area contributed by atoms with E-state index in [1.165, 1.54) is 4.80 Å². The third kappa shape index (κ3) is 4.83. The Labute approximate surface area is 148 Å². The van der Waals surface area contributed by atoms with Crippen molar-refractivity contribution >= 4 is 10.0 Å². The maximum Gasteiger partial charge on any atom is 0.240 e. The Kier molecular flexibility index (Phi) is 5.45. The molecule has 1 aliphatic rings. The average molecular weight is 364 g/mol. The molecule has 1 saturated heterocycles. The highest BCUT2D eigenvalue weighted by molar-refractivity contribution is 7.89. The molecule has 0 aliphatic carbocycles. The van der Waals surface area contributed by atoms with Gasteiger partial charge >= 0.3 is 0 Å². The summed E-state index contributed by atoms with van der Waals surface area (Å²) in [5, 5.41) is 12.1. The first-order chi connectivity index (χ1) is 11.9. The van der Waals surface area contributed by atoms with E-state index in [1.54, 1.807) is 19.2 Å². The molecule has 0 spiro atoms. The van der Waals surface area contributed by atoms with Crippen molar-refractivity contribution in [3.8, 4) is 0 Å². The SMILES string of the molecule is Cc1ccc(S(=O)(=O)NCC2CCCN(Cc3nnn(C)n3)C2)cc1. The lowest BCUT2D eigenvalue weighted by molar-refractivity contribution is 0.165. The molecule has 1 aromatic carbocycles. The lowest BCUT2D eigenvalue weighted by Gasteiger charge is -2.31. The largest absolute Gasteiger partial charge is 0.295 e. The molecule has 1 aliphatic heterocycles. The number of likely N-dealkylation sites (tertiary alicyclic amines) is 1. The number of benzene rings is 1. The van der Waals surface area contributed by atoms with Crippen LogP contribution in [0.5, 0.6) is 0 Å². The maximum atomic E-state index is 12.4. The minimum absolute atomic E-state index is 0.283. The first-order valence-electron chi connectivity index (χ1n) is 8.44. The van der Waals surface area contributed by atoms with E-state index in [9.17, 15) is 8.42 Å². The number of hydrogen-bond donors (Lipinski definition) is 1. The van der Waals surface area contributed by atoms with Crippen molar-refractivity contribution in [1.82, 2.24) is 29.8 Å². The summed E-state index contributed by atoms with van der Waals surface area (Å²) in [6.07, 6.45) is 2.05. The van der Waals surface area contributed by atoms with Crippen LogP contribution in [0, 0.1) is 12.8 Å². The van der Waals surface area contributed by atoms with Gasteiger partial charge in [0.05, 0.1) is 18.5 Å². The van der Waals surface area contributed by atoms with Gasteiger partial charge in [-0.05, 0) is 49.6 Å². The number of aryl methyl sites for hydroxylation is 2.